The van der Waals surface area contributed by atoms with Gasteiger partial charge in [-0.15, -0.1) is 0 Å². The summed E-state index contributed by atoms with van der Waals surface area (Å²) in [6.45, 7) is 0.797. The number of aromatic nitrogens is 6. The van der Waals surface area contributed by atoms with Gasteiger partial charge in [-0.25, -0.2) is 4.98 Å². The van der Waals surface area contributed by atoms with Crippen LogP contribution in [0, 0.1) is 5.41 Å². The third-order valence-electron chi connectivity index (χ3n) is 4.73. The fraction of sp³-hybridized carbons (Fsp3) is 0.294. The Kier molecular flexibility index (Phi) is 4.78. The molecule has 3 heterocycles. The zero-order valence-corrected chi connectivity index (χ0v) is 15.5. The van der Waals surface area contributed by atoms with Gasteiger partial charge in [0.25, 0.3) is 5.91 Å². The molecule has 2 aromatic heterocycles. The van der Waals surface area contributed by atoms with E-state index < -0.39 is 5.41 Å². The van der Waals surface area contributed by atoms with Crippen molar-refractivity contribution >= 4 is 23.4 Å². The van der Waals surface area contributed by atoms with Gasteiger partial charge in [0.15, 0.2) is 5.69 Å². The highest BCUT2D eigenvalue weighted by Gasteiger charge is 2.51. The van der Waals surface area contributed by atoms with Crippen LogP contribution in [0.15, 0.2) is 36.8 Å². The number of aromatic amines is 2. The number of halogens is 1. The van der Waals surface area contributed by atoms with Gasteiger partial charge in [-0.3, -0.25) is 14.7 Å². The Morgan fingerprint density at radius 3 is 2.64 bits per heavy atom. The lowest BCUT2D eigenvalue weighted by molar-refractivity contribution is -0.139. The van der Waals surface area contributed by atoms with Crippen LogP contribution < -0.4 is 5.32 Å². The van der Waals surface area contributed by atoms with Gasteiger partial charge < -0.3 is 10.2 Å². The summed E-state index contributed by atoms with van der Waals surface area (Å²) in [6, 6.07) is 7.34. The van der Waals surface area contributed by atoms with Gasteiger partial charge in [0, 0.05) is 18.1 Å². The summed E-state index contributed by atoms with van der Waals surface area (Å²) in [6.07, 6.45) is 3.23. The van der Waals surface area contributed by atoms with Crippen molar-refractivity contribution in [1.29, 1.82) is 0 Å². The Morgan fingerprint density at radius 2 is 2.00 bits per heavy atom. The van der Waals surface area contributed by atoms with Gasteiger partial charge in [-0.1, -0.05) is 23.7 Å². The van der Waals surface area contributed by atoms with Crippen molar-refractivity contribution in [2.24, 2.45) is 5.41 Å². The first-order valence-corrected chi connectivity index (χ1v) is 8.96. The van der Waals surface area contributed by atoms with Crippen LogP contribution in [0.4, 0.5) is 0 Å². The summed E-state index contributed by atoms with van der Waals surface area (Å²) >= 11 is 5.96. The second kappa shape index (κ2) is 7.39. The molecule has 2 amide bonds. The number of rotatable bonds is 6. The molecule has 11 heteroatoms. The topological polar surface area (TPSA) is 133 Å². The molecule has 0 bridgehead atoms. The molecule has 1 saturated heterocycles. The lowest BCUT2D eigenvalue weighted by atomic mass is 9.73. The van der Waals surface area contributed by atoms with E-state index in [2.05, 4.69) is 35.9 Å². The number of amides is 2. The predicted molar refractivity (Wildman–Crippen MR) is 98.1 cm³/mol. The van der Waals surface area contributed by atoms with Crippen molar-refractivity contribution in [3.8, 4) is 0 Å². The third kappa shape index (κ3) is 3.58. The van der Waals surface area contributed by atoms with E-state index in [1.54, 1.807) is 17.0 Å². The first-order chi connectivity index (χ1) is 13.6. The summed E-state index contributed by atoms with van der Waals surface area (Å²) in [5.74, 6) is 0.149. The van der Waals surface area contributed by atoms with Crippen LogP contribution in [0.2, 0.25) is 5.02 Å². The number of nitrogens with zero attached hydrogens (tertiary/aromatic N) is 5. The number of hydrogen-bond acceptors (Lipinski definition) is 6. The molecule has 0 radical (unpaired) electrons. The third-order valence-corrected chi connectivity index (χ3v) is 4.98. The highest BCUT2D eigenvalue weighted by atomic mass is 35.5. The Balaban J connectivity index is 1.49. The fourth-order valence-electron chi connectivity index (χ4n) is 3.29. The molecule has 0 saturated carbocycles. The SMILES string of the molecule is O=C(c1cn[nH]n1)N1CC(Cc2ccc(Cl)cc2)(C(=O)NCc2ncn[nH]2)C1. The summed E-state index contributed by atoms with van der Waals surface area (Å²) in [4.78, 5) is 31.1. The van der Waals surface area contributed by atoms with E-state index in [4.69, 9.17) is 11.6 Å². The van der Waals surface area contributed by atoms with Crippen molar-refractivity contribution < 1.29 is 9.59 Å². The van der Waals surface area contributed by atoms with Gasteiger partial charge in [-0.05, 0) is 24.1 Å². The van der Waals surface area contributed by atoms with Crippen molar-refractivity contribution in [3.05, 3.63) is 58.9 Å². The molecule has 4 rings (SSSR count). The van der Waals surface area contributed by atoms with Gasteiger partial charge in [0.05, 0.1) is 18.2 Å². The molecule has 144 valence electrons. The summed E-state index contributed by atoms with van der Waals surface area (Å²) in [5.41, 5.74) is 0.447. The molecule has 1 aromatic carbocycles. The highest BCUT2D eigenvalue weighted by molar-refractivity contribution is 6.30. The number of carbonyl (C=O) groups excluding carboxylic acids is 2. The number of nitrogens with one attached hydrogen (secondary N) is 3. The second-order valence-electron chi connectivity index (χ2n) is 6.71. The quantitative estimate of drug-likeness (QED) is 0.554. The largest absolute Gasteiger partial charge is 0.348 e. The average Bonchev–Trinajstić information content (AvgIpc) is 3.37. The van der Waals surface area contributed by atoms with Gasteiger partial charge in [0.1, 0.15) is 12.2 Å². The molecule has 3 N–H and O–H groups in total. The molecule has 0 aliphatic carbocycles. The highest BCUT2D eigenvalue weighted by Crippen LogP contribution is 2.35. The number of likely N-dealkylation sites (tertiary alicyclic amines) is 1. The minimum Gasteiger partial charge on any atom is -0.348 e. The first-order valence-electron chi connectivity index (χ1n) is 8.58. The van der Waals surface area contributed by atoms with Crippen LogP contribution in [0.1, 0.15) is 21.9 Å². The normalized spacial score (nSPS) is 15.1. The Labute approximate surface area is 164 Å². The number of benzene rings is 1. The van der Waals surface area contributed by atoms with E-state index in [0.717, 1.165) is 5.56 Å². The Hall–Kier alpha value is -3.27. The Bertz CT molecular complexity index is 950. The van der Waals surface area contributed by atoms with Crippen LogP contribution in [-0.4, -0.2) is 60.4 Å². The lowest BCUT2D eigenvalue weighted by Crippen LogP contribution is -2.65. The molecule has 1 aliphatic heterocycles. The average molecular weight is 401 g/mol. The van der Waals surface area contributed by atoms with Crippen molar-refractivity contribution in [2.45, 2.75) is 13.0 Å². The standard InChI is InChI=1S/C17H17ClN8O2/c18-12-3-1-11(2-4-12)5-17(16(28)19-7-14-20-10-22-24-14)8-26(9-17)15(27)13-6-21-25-23-13/h1-4,6,10H,5,7-9H2,(H,19,28)(H,20,22,24)(H,21,23,25). The van der Waals surface area contributed by atoms with Crippen LogP contribution in [-0.2, 0) is 17.8 Å². The van der Waals surface area contributed by atoms with Crippen LogP contribution in [0.3, 0.4) is 0 Å². The minimum atomic E-state index is -0.743. The molecule has 0 unspecified atom stereocenters. The van der Waals surface area contributed by atoms with E-state index in [1.807, 2.05) is 12.1 Å². The smallest absolute Gasteiger partial charge is 0.276 e. The molecule has 3 aromatic rings. The monoisotopic (exact) mass is 400 g/mol. The molecule has 1 fully saturated rings. The van der Waals surface area contributed by atoms with E-state index in [0.29, 0.717) is 17.3 Å². The summed E-state index contributed by atoms with van der Waals surface area (Å²) in [7, 11) is 0. The molecule has 10 nitrogen and oxygen atoms in total. The molecule has 0 spiro atoms. The molecular weight excluding hydrogens is 384 g/mol. The first kappa shape index (κ1) is 18.1. The van der Waals surface area contributed by atoms with Crippen LogP contribution in [0.5, 0.6) is 0 Å². The number of H-pyrrole nitrogens is 2. The number of hydrogen-bond donors (Lipinski definition) is 3. The Morgan fingerprint density at radius 1 is 1.21 bits per heavy atom. The minimum absolute atomic E-state index is 0.150. The zero-order chi connectivity index (χ0) is 19.6. The van der Waals surface area contributed by atoms with Crippen molar-refractivity contribution in [2.75, 3.05) is 13.1 Å². The molecule has 0 atom stereocenters. The van der Waals surface area contributed by atoms with Gasteiger partial charge >= 0.3 is 0 Å². The van der Waals surface area contributed by atoms with Crippen molar-refractivity contribution in [1.82, 2.24) is 40.8 Å². The predicted octanol–water partition coefficient (Wildman–Crippen LogP) is 0.577. The summed E-state index contributed by atoms with van der Waals surface area (Å²) in [5, 5.41) is 19.9. The van der Waals surface area contributed by atoms with E-state index in [-0.39, 0.29) is 37.1 Å². The van der Waals surface area contributed by atoms with Crippen molar-refractivity contribution in [3.63, 3.8) is 0 Å². The summed E-state index contributed by atoms with van der Waals surface area (Å²) < 4.78 is 0. The van der Waals surface area contributed by atoms with Gasteiger partial charge in [0.2, 0.25) is 5.91 Å². The zero-order valence-electron chi connectivity index (χ0n) is 14.7. The maximum Gasteiger partial charge on any atom is 0.276 e. The van der Waals surface area contributed by atoms with E-state index in [1.165, 1.54) is 12.5 Å². The van der Waals surface area contributed by atoms with Crippen LogP contribution >= 0.6 is 11.6 Å². The second-order valence-corrected chi connectivity index (χ2v) is 7.15. The van der Waals surface area contributed by atoms with E-state index >= 15 is 0 Å². The van der Waals surface area contributed by atoms with Crippen LogP contribution in [0.25, 0.3) is 0 Å². The van der Waals surface area contributed by atoms with Gasteiger partial charge in [-0.2, -0.15) is 20.5 Å². The number of carbonyl (C=O) groups is 2. The molecule has 1 aliphatic rings. The lowest BCUT2D eigenvalue weighted by Gasteiger charge is -2.48. The molecular formula is C17H17ClN8O2. The maximum absolute atomic E-state index is 13.0. The fourth-order valence-corrected chi connectivity index (χ4v) is 3.42. The maximum atomic E-state index is 13.0. The molecule has 28 heavy (non-hydrogen) atoms. The van der Waals surface area contributed by atoms with E-state index in [9.17, 15) is 9.59 Å².